The van der Waals surface area contributed by atoms with E-state index in [2.05, 4.69) is 73.9 Å². The SMILES string of the molecule is CCCCCCCc1ccc2c(F)c(C#Cc3ccc(C#Cc4ccc(CCCC)cc4)cc3)ccc2c1. The van der Waals surface area contributed by atoms with Gasteiger partial charge in [-0.3, -0.25) is 0 Å². The van der Waals surface area contributed by atoms with E-state index in [1.165, 1.54) is 56.1 Å². The number of aryl methyl sites for hydroxylation is 2. The summed E-state index contributed by atoms with van der Waals surface area (Å²) >= 11 is 0. The van der Waals surface area contributed by atoms with Gasteiger partial charge in [0.1, 0.15) is 5.82 Å². The first-order valence-corrected chi connectivity index (χ1v) is 14.1. The molecule has 0 heterocycles. The Labute approximate surface area is 228 Å². The van der Waals surface area contributed by atoms with Crippen molar-refractivity contribution < 1.29 is 4.39 Å². The third kappa shape index (κ3) is 7.84. The largest absolute Gasteiger partial charge is 0.205 e. The minimum absolute atomic E-state index is 0.243. The number of hydrogen-bond donors (Lipinski definition) is 0. The van der Waals surface area contributed by atoms with E-state index in [1.54, 1.807) is 6.07 Å². The lowest BCUT2D eigenvalue weighted by molar-refractivity contribution is 0.631. The molecule has 0 spiro atoms. The standard InChI is InChI=1S/C37H37F/c1-3-5-7-8-9-11-33-23-27-36-35(28-33)26-25-34(37(36)38)24-22-32-20-18-31(19-21-32)17-16-30-14-12-29(13-15-30)10-6-4-2/h12-15,18-21,23,25-28H,3-11H2,1-2H3. The van der Waals surface area contributed by atoms with Crippen LogP contribution in [-0.4, -0.2) is 0 Å². The molecule has 0 bridgehead atoms. The number of unbranched alkanes of at least 4 members (excludes halogenated alkanes) is 5. The van der Waals surface area contributed by atoms with E-state index in [0.717, 1.165) is 34.9 Å². The molecule has 0 aliphatic rings. The summed E-state index contributed by atoms with van der Waals surface area (Å²) in [5, 5.41) is 1.58. The number of benzene rings is 4. The molecule has 4 aromatic carbocycles. The highest BCUT2D eigenvalue weighted by Gasteiger charge is 2.07. The summed E-state index contributed by atoms with van der Waals surface area (Å²) in [7, 11) is 0. The summed E-state index contributed by atoms with van der Waals surface area (Å²) in [5.41, 5.74) is 5.86. The third-order valence-electron chi connectivity index (χ3n) is 6.94. The Morgan fingerprint density at radius 2 is 1.08 bits per heavy atom. The zero-order valence-corrected chi connectivity index (χ0v) is 22.7. The molecule has 0 N–H and O–H groups in total. The van der Waals surface area contributed by atoms with Crippen LogP contribution in [0.1, 0.15) is 92.2 Å². The Morgan fingerprint density at radius 3 is 1.74 bits per heavy atom. The summed E-state index contributed by atoms with van der Waals surface area (Å²) in [6.07, 6.45) is 10.9. The Bertz CT molecular complexity index is 1450. The van der Waals surface area contributed by atoms with Crippen LogP contribution in [0.5, 0.6) is 0 Å². The molecule has 4 aromatic rings. The van der Waals surface area contributed by atoms with E-state index in [4.69, 9.17) is 0 Å². The second-order valence-electron chi connectivity index (χ2n) is 10.0. The maximum atomic E-state index is 15.2. The predicted molar refractivity (Wildman–Crippen MR) is 160 cm³/mol. The topological polar surface area (TPSA) is 0 Å². The molecule has 0 saturated heterocycles. The van der Waals surface area contributed by atoms with Crippen molar-refractivity contribution in [2.45, 2.75) is 71.6 Å². The van der Waals surface area contributed by atoms with Crippen LogP contribution in [-0.2, 0) is 12.8 Å². The van der Waals surface area contributed by atoms with Gasteiger partial charge in [-0.1, -0.05) is 106 Å². The van der Waals surface area contributed by atoms with Gasteiger partial charge in [-0.2, -0.15) is 0 Å². The van der Waals surface area contributed by atoms with Crippen LogP contribution >= 0.6 is 0 Å². The van der Waals surface area contributed by atoms with E-state index >= 15 is 4.39 Å². The fraction of sp³-hybridized carbons (Fsp3) is 0.297. The van der Waals surface area contributed by atoms with Crippen LogP contribution in [0.4, 0.5) is 4.39 Å². The predicted octanol–water partition coefficient (Wildman–Crippen LogP) is 9.63. The monoisotopic (exact) mass is 500 g/mol. The zero-order valence-electron chi connectivity index (χ0n) is 22.7. The van der Waals surface area contributed by atoms with E-state index in [9.17, 15) is 0 Å². The summed E-state index contributed by atoms with van der Waals surface area (Å²) in [6, 6.07) is 26.2. The van der Waals surface area contributed by atoms with Gasteiger partial charge in [0, 0.05) is 22.1 Å². The minimum atomic E-state index is -0.243. The smallest absolute Gasteiger partial charge is 0.146 e. The lowest BCUT2D eigenvalue weighted by Crippen LogP contribution is -1.90. The van der Waals surface area contributed by atoms with Crippen LogP contribution in [0.2, 0.25) is 0 Å². The van der Waals surface area contributed by atoms with Gasteiger partial charge < -0.3 is 0 Å². The maximum Gasteiger partial charge on any atom is 0.146 e. The average Bonchev–Trinajstić information content (AvgIpc) is 2.95. The highest BCUT2D eigenvalue weighted by atomic mass is 19.1. The molecule has 0 aliphatic heterocycles. The summed E-state index contributed by atoms with van der Waals surface area (Å²) in [6.45, 7) is 4.45. The molecule has 0 nitrogen and oxygen atoms in total. The molecule has 4 rings (SSSR count). The van der Waals surface area contributed by atoms with Crippen molar-refractivity contribution in [1.82, 2.24) is 0 Å². The van der Waals surface area contributed by atoms with Crippen molar-refractivity contribution in [1.29, 1.82) is 0 Å². The summed E-state index contributed by atoms with van der Waals surface area (Å²) in [5.74, 6) is 12.3. The van der Waals surface area contributed by atoms with Crippen molar-refractivity contribution in [3.05, 3.63) is 118 Å². The van der Waals surface area contributed by atoms with E-state index < -0.39 is 0 Å². The van der Waals surface area contributed by atoms with Gasteiger partial charge in [0.05, 0.1) is 5.56 Å². The van der Waals surface area contributed by atoms with Gasteiger partial charge in [0.15, 0.2) is 0 Å². The van der Waals surface area contributed by atoms with Crippen LogP contribution in [0.3, 0.4) is 0 Å². The maximum absolute atomic E-state index is 15.2. The fourth-order valence-corrected chi connectivity index (χ4v) is 4.58. The lowest BCUT2D eigenvalue weighted by Gasteiger charge is -2.06. The first-order valence-electron chi connectivity index (χ1n) is 14.1. The molecular formula is C37H37F. The Balaban J connectivity index is 1.39. The first kappa shape index (κ1) is 27.2. The Kier molecular flexibility index (Phi) is 10.2. The Hall–Kier alpha value is -3.81. The molecule has 1 heteroatoms. The molecule has 0 aromatic heterocycles. The van der Waals surface area contributed by atoms with Crippen molar-refractivity contribution in [2.75, 3.05) is 0 Å². The molecule has 0 unspecified atom stereocenters. The normalized spacial score (nSPS) is 10.5. The molecule has 0 amide bonds. The molecule has 0 fully saturated rings. The molecular weight excluding hydrogens is 463 g/mol. The zero-order chi connectivity index (χ0) is 26.6. The molecule has 0 aliphatic carbocycles. The highest BCUT2D eigenvalue weighted by molar-refractivity contribution is 5.85. The van der Waals surface area contributed by atoms with Crippen molar-refractivity contribution >= 4 is 10.8 Å². The quantitative estimate of drug-likeness (QED) is 0.158. The van der Waals surface area contributed by atoms with Crippen molar-refractivity contribution in [2.24, 2.45) is 0 Å². The van der Waals surface area contributed by atoms with Crippen molar-refractivity contribution in [3.8, 4) is 23.7 Å². The average molecular weight is 501 g/mol. The van der Waals surface area contributed by atoms with Gasteiger partial charge in [-0.25, -0.2) is 4.39 Å². The highest BCUT2D eigenvalue weighted by Crippen LogP contribution is 2.23. The summed E-state index contributed by atoms with van der Waals surface area (Å²) in [4.78, 5) is 0. The van der Waals surface area contributed by atoms with Crippen LogP contribution in [0.25, 0.3) is 10.8 Å². The molecule has 0 saturated carbocycles. The van der Waals surface area contributed by atoms with Gasteiger partial charge >= 0.3 is 0 Å². The van der Waals surface area contributed by atoms with Crippen LogP contribution < -0.4 is 0 Å². The van der Waals surface area contributed by atoms with E-state index in [1.807, 2.05) is 36.4 Å². The number of fused-ring (bicyclic) bond motifs is 1. The summed E-state index contributed by atoms with van der Waals surface area (Å²) < 4.78 is 15.2. The molecule has 192 valence electrons. The fourth-order valence-electron chi connectivity index (χ4n) is 4.58. The van der Waals surface area contributed by atoms with Gasteiger partial charge in [0.25, 0.3) is 0 Å². The number of halogens is 1. The third-order valence-corrected chi connectivity index (χ3v) is 6.94. The number of rotatable bonds is 9. The van der Waals surface area contributed by atoms with Crippen molar-refractivity contribution in [3.63, 3.8) is 0 Å². The van der Waals surface area contributed by atoms with Gasteiger partial charge in [-0.15, -0.1) is 0 Å². The Morgan fingerprint density at radius 1 is 0.526 bits per heavy atom. The molecule has 0 atom stereocenters. The van der Waals surface area contributed by atoms with Crippen LogP contribution in [0, 0.1) is 29.5 Å². The van der Waals surface area contributed by atoms with Gasteiger partial charge in [0.2, 0.25) is 0 Å². The minimum Gasteiger partial charge on any atom is -0.205 e. The van der Waals surface area contributed by atoms with Crippen LogP contribution in [0.15, 0.2) is 78.9 Å². The second-order valence-corrected chi connectivity index (χ2v) is 10.0. The first-order chi connectivity index (χ1) is 18.7. The second kappa shape index (κ2) is 14.2. The van der Waals surface area contributed by atoms with E-state index in [0.29, 0.717) is 10.9 Å². The van der Waals surface area contributed by atoms with Gasteiger partial charge in [-0.05, 0) is 84.7 Å². The van der Waals surface area contributed by atoms with E-state index in [-0.39, 0.29) is 5.82 Å². The number of hydrogen-bond acceptors (Lipinski definition) is 0. The molecule has 0 radical (unpaired) electrons. The lowest BCUT2D eigenvalue weighted by atomic mass is 10.00. The molecule has 38 heavy (non-hydrogen) atoms.